The van der Waals surface area contributed by atoms with Crippen LogP contribution in [0.5, 0.6) is 0 Å². The molecule has 0 bridgehead atoms. The number of likely N-dealkylation sites (tertiary alicyclic amines) is 1. The summed E-state index contributed by atoms with van der Waals surface area (Å²) < 4.78 is 18.3. The van der Waals surface area contributed by atoms with Crippen molar-refractivity contribution in [2.24, 2.45) is 35.5 Å². The highest BCUT2D eigenvalue weighted by Crippen LogP contribution is 2.65. The Kier molecular flexibility index (Phi) is 20.0. The standard InChI is InChI=1S/C20H30Cl2N2O5.C13H23NO4.C7H9Cl2NO2.CH4.ClH/c1-19(2,3)29-18(27)23-14(11-8-6-5-7-9-11)16(25)24-10-12-13(20(12,21)22)15(24)17(26)28-4;1-13(2,3)18-12(17)14-10(11(15)16)9-7-5-4-6-8-9;1-12-6(11)5-4-3(2-10-5)7(4,8)9;;/h11-15H,5-10H2,1-4H3,(H,23,27);9-10H,4-8H2,1-3H3,(H,14,17)(H,15,16);3-5,10H,2H2,1H3;1H4;1H/t12-,13-,14-,15-;10-;3-,4-,5-;;/m000../s1. The lowest BCUT2D eigenvalue weighted by Gasteiger charge is -2.36. The number of fused-ring (bicyclic) bond motifs is 2. The summed E-state index contributed by atoms with van der Waals surface area (Å²) in [6.07, 6.45) is 8.43. The number of aliphatic carboxylic acids is 1. The highest BCUT2D eigenvalue weighted by atomic mass is 35.5. The predicted molar refractivity (Wildman–Crippen MR) is 235 cm³/mol. The zero-order valence-electron chi connectivity index (χ0n) is 35.7. The summed E-state index contributed by atoms with van der Waals surface area (Å²) in [5, 5.41) is 17.5. The molecule has 352 valence electrons. The van der Waals surface area contributed by atoms with Gasteiger partial charge in [0.05, 0.1) is 14.2 Å². The average Bonchev–Trinajstić information content (AvgIpc) is 3.61. The summed E-state index contributed by atoms with van der Waals surface area (Å²) in [6, 6.07) is -2.73. The molecule has 0 radical (unpaired) electrons. The predicted octanol–water partition coefficient (Wildman–Crippen LogP) is 7.42. The molecule has 4 aliphatic carbocycles. The number of alkyl halides is 4. The van der Waals surface area contributed by atoms with Crippen molar-refractivity contribution in [2.75, 3.05) is 27.3 Å². The van der Waals surface area contributed by atoms with Crippen LogP contribution in [0.4, 0.5) is 9.59 Å². The fourth-order valence-electron chi connectivity index (χ4n) is 8.84. The number of piperidine rings is 2. The van der Waals surface area contributed by atoms with Gasteiger partial charge in [-0.05, 0) is 79.1 Å². The number of carbonyl (C=O) groups excluding carboxylic acids is 5. The summed E-state index contributed by atoms with van der Waals surface area (Å²) in [4.78, 5) is 73.8. The number of halogens is 5. The van der Waals surface area contributed by atoms with E-state index in [0.29, 0.717) is 6.54 Å². The SMILES string of the molecule is C.CC(C)(C)OC(=O)N[C@H](C(=O)O)C1CCCCC1.COC(=O)[C@@H]1[C@@H]2[C@H](CN1C(=O)[C@@H](NC(=O)OC(C)(C)C)C1CCCCC1)C2(Cl)Cl.COC(=O)[C@H]1NC[C@H]2[C@@H]1C2(Cl)Cl.Cl. The van der Waals surface area contributed by atoms with E-state index in [0.717, 1.165) is 64.2 Å². The molecule has 0 aromatic heterocycles. The first-order valence-electron chi connectivity index (χ1n) is 20.5. The second-order valence-corrected chi connectivity index (χ2v) is 21.3. The quantitative estimate of drug-likeness (QED) is 0.107. The lowest BCUT2D eigenvalue weighted by molar-refractivity contribution is -0.153. The third-order valence-electron chi connectivity index (χ3n) is 11.8. The molecule has 3 amide bonds. The topological polar surface area (TPSA) is 199 Å². The molecule has 20 heteroatoms. The second-order valence-electron chi connectivity index (χ2n) is 18.4. The summed E-state index contributed by atoms with van der Waals surface area (Å²) in [5.74, 6) is -2.34. The molecule has 15 nitrogen and oxygen atoms in total. The Labute approximate surface area is 386 Å². The average molecular weight is 969 g/mol. The summed E-state index contributed by atoms with van der Waals surface area (Å²) in [7, 11) is 2.65. The third-order valence-corrected chi connectivity index (χ3v) is 13.9. The highest BCUT2D eigenvalue weighted by molar-refractivity contribution is 6.52. The van der Waals surface area contributed by atoms with Gasteiger partial charge < -0.3 is 44.9 Å². The molecule has 2 heterocycles. The molecule has 4 N–H and O–H groups in total. The van der Waals surface area contributed by atoms with E-state index in [4.69, 9.17) is 60.6 Å². The Morgan fingerprint density at radius 3 is 1.51 bits per heavy atom. The van der Waals surface area contributed by atoms with Gasteiger partial charge in [0.15, 0.2) is 0 Å². The number of amides is 3. The van der Waals surface area contributed by atoms with Crippen LogP contribution in [-0.2, 0) is 38.1 Å². The van der Waals surface area contributed by atoms with Gasteiger partial charge in [-0.1, -0.05) is 46.0 Å². The molecular weight excluding hydrogens is 902 g/mol. The van der Waals surface area contributed by atoms with E-state index in [9.17, 15) is 33.9 Å². The number of alkyl carbamates (subject to hydrolysis) is 2. The van der Waals surface area contributed by atoms with E-state index in [1.165, 1.54) is 19.1 Å². The molecule has 2 aliphatic heterocycles. The van der Waals surface area contributed by atoms with E-state index >= 15 is 0 Å². The monoisotopic (exact) mass is 966 g/mol. The van der Waals surface area contributed by atoms with Gasteiger partial charge in [-0.15, -0.1) is 58.8 Å². The maximum absolute atomic E-state index is 13.5. The fraction of sp³-hybridized carbons (Fsp3) is 0.854. The van der Waals surface area contributed by atoms with Crippen molar-refractivity contribution in [1.29, 1.82) is 0 Å². The maximum atomic E-state index is 13.5. The largest absolute Gasteiger partial charge is 0.480 e. The number of nitrogens with one attached hydrogen (secondary N) is 3. The molecule has 6 fully saturated rings. The Balaban J connectivity index is 0.000000342. The van der Waals surface area contributed by atoms with Crippen molar-refractivity contribution in [3.63, 3.8) is 0 Å². The van der Waals surface area contributed by atoms with E-state index in [2.05, 4.69) is 20.7 Å². The normalized spacial score (nSPS) is 28.0. The van der Waals surface area contributed by atoms with Gasteiger partial charge in [0, 0.05) is 36.8 Å². The molecule has 0 unspecified atom stereocenters. The van der Waals surface area contributed by atoms with Gasteiger partial charge in [-0.2, -0.15) is 0 Å². The Bertz CT molecular complexity index is 1550. The van der Waals surface area contributed by atoms with Crippen molar-refractivity contribution >= 4 is 94.8 Å². The summed E-state index contributed by atoms with van der Waals surface area (Å²) in [5.41, 5.74) is -1.29. The third kappa shape index (κ3) is 14.2. The van der Waals surface area contributed by atoms with Gasteiger partial charge >= 0.3 is 30.1 Å². The molecule has 6 aliphatic rings. The molecule has 0 spiro atoms. The van der Waals surface area contributed by atoms with Crippen LogP contribution in [0.15, 0.2) is 0 Å². The van der Waals surface area contributed by atoms with Crippen LogP contribution in [0.2, 0.25) is 0 Å². The lowest BCUT2D eigenvalue weighted by Crippen LogP contribution is -2.57. The molecule has 61 heavy (non-hydrogen) atoms. The minimum absolute atomic E-state index is 0. The first-order valence-corrected chi connectivity index (χ1v) is 22.0. The van der Waals surface area contributed by atoms with Crippen LogP contribution in [0.1, 0.15) is 113 Å². The Hall–Kier alpha value is -2.17. The van der Waals surface area contributed by atoms with Crippen LogP contribution >= 0.6 is 58.8 Å². The van der Waals surface area contributed by atoms with Gasteiger partial charge in [0.1, 0.15) is 44.0 Å². The van der Waals surface area contributed by atoms with Gasteiger partial charge in [0.2, 0.25) is 5.91 Å². The van der Waals surface area contributed by atoms with E-state index < -0.39 is 62.1 Å². The van der Waals surface area contributed by atoms with Crippen LogP contribution in [-0.4, -0.2) is 117 Å². The number of ether oxygens (including phenoxy) is 4. The number of esters is 2. The Morgan fingerprint density at radius 2 is 1.11 bits per heavy atom. The summed E-state index contributed by atoms with van der Waals surface area (Å²) >= 11 is 24.4. The minimum Gasteiger partial charge on any atom is -0.480 e. The lowest BCUT2D eigenvalue weighted by atomic mass is 9.83. The number of rotatable bonds is 8. The fourth-order valence-corrected chi connectivity index (χ4v) is 10.5. The maximum Gasteiger partial charge on any atom is 0.408 e. The van der Waals surface area contributed by atoms with Gasteiger partial charge in [-0.3, -0.25) is 9.59 Å². The molecule has 0 aromatic rings. The smallest absolute Gasteiger partial charge is 0.408 e. The van der Waals surface area contributed by atoms with Crippen molar-refractivity contribution in [2.45, 2.75) is 157 Å². The summed E-state index contributed by atoms with van der Waals surface area (Å²) in [6.45, 7) is 11.5. The second kappa shape index (κ2) is 22.1. The number of carboxylic acid groups (broad SMARTS) is 1. The van der Waals surface area contributed by atoms with Crippen LogP contribution < -0.4 is 16.0 Å². The first-order chi connectivity index (χ1) is 27.3. The number of methoxy groups -OCH3 is 2. The highest BCUT2D eigenvalue weighted by Gasteiger charge is 2.74. The van der Waals surface area contributed by atoms with Crippen molar-refractivity contribution in [3.8, 4) is 0 Å². The number of hydrogen-bond acceptors (Lipinski definition) is 11. The molecule has 8 atom stereocenters. The van der Waals surface area contributed by atoms with Crippen LogP contribution in [0.25, 0.3) is 0 Å². The number of nitrogens with zero attached hydrogens (tertiary/aromatic N) is 1. The number of carbonyl (C=O) groups is 6. The van der Waals surface area contributed by atoms with E-state index in [1.54, 1.807) is 41.5 Å². The molecule has 2 saturated heterocycles. The first kappa shape index (κ1) is 55.0. The molecule has 4 saturated carbocycles. The van der Waals surface area contributed by atoms with E-state index in [1.807, 2.05) is 0 Å². The van der Waals surface area contributed by atoms with Crippen molar-refractivity contribution in [3.05, 3.63) is 0 Å². The van der Waals surface area contributed by atoms with Crippen molar-refractivity contribution in [1.82, 2.24) is 20.9 Å². The number of hydrogen-bond donors (Lipinski definition) is 4. The Morgan fingerprint density at radius 1 is 0.689 bits per heavy atom. The van der Waals surface area contributed by atoms with Gasteiger partial charge in [0.25, 0.3) is 0 Å². The molecule has 0 aromatic carbocycles. The van der Waals surface area contributed by atoms with Gasteiger partial charge in [-0.25, -0.2) is 19.2 Å². The molecule has 6 rings (SSSR count). The number of carboxylic acids is 1. The van der Waals surface area contributed by atoms with Crippen LogP contribution in [0.3, 0.4) is 0 Å². The zero-order chi connectivity index (χ0) is 44.2. The zero-order valence-corrected chi connectivity index (χ0v) is 39.5. The van der Waals surface area contributed by atoms with E-state index in [-0.39, 0.29) is 79.8 Å². The minimum atomic E-state index is -1.02. The van der Waals surface area contributed by atoms with Crippen molar-refractivity contribution < 1.29 is 52.8 Å². The molecular formula is C41H67Cl5N4O11. The van der Waals surface area contributed by atoms with Crippen LogP contribution in [0, 0.1) is 35.5 Å².